The highest BCUT2D eigenvalue weighted by molar-refractivity contribution is 8.18. The first kappa shape index (κ1) is 25.7. The number of carbonyl (C=O) groups is 4. The fraction of sp³-hybridized carbons (Fsp3) is 0.143. The molecule has 1 heterocycles. The second-order valence-corrected chi connectivity index (χ2v) is 9.40. The molecule has 1 fully saturated rings. The largest absolute Gasteiger partial charge is 0.484 e. The third-order valence-electron chi connectivity index (χ3n) is 5.41. The van der Waals surface area contributed by atoms with Gasteiger partial charge in [0.15, 0.2) is 6.61 Å². The fourth-order valence-corrected chi connectivity index (χ4v) is 4.47. The van der Waals surface area contributed by atoms with Gasteiger partial charge in [0.1, 0.15) is 12.3 Å². The standard InChI is InChI=1S/C28H25N3O5S/c1-18-11-12-23(19(2)13-18)30-26(33)17-36-22-10-6-7-20(14-22)15-24-27(34)31(28(35)37-24)16-25(32)29-21-8-4-3-5-9-21/h3-15H,16-17H2,1-2H3,(H,29,32)(H,30,33)/b24-15-. The van der Waals surface area contributed by atoms with E-state index < -0.39 is 17.1 Å². The molecule has 9 heteroatoms. The molecule has 2 N–H and O–H groups in total. The van der Waals surface area contributed by atoms with Crippen molar-refractivity contribution in [3.8, 4) is 5.75 Å². The van der Waals surface area contributed by atoms with Crippen molar-refractivity contribution in [2.75, 3.05) is 23.8 Å². The van der Waals surface area contributed by atoms with E-state index in [-0.39, 0.29) is 24.0 Å². The Kier molecular flexibility index (Phi) is 8.05. The number of carbonyl (C=O) groups excluding carboxylic acids is 4. The third-order valence-corrected chi connectivity index (χ3v) is 6.32. The van der Waals surface area contributed by atoms with E-state index in [1.54, 1.807) is 54.6 Å². The monoisotopic (exact) mass is 515 g/mol. The molecule has 3 aromatic carbocycles. The predicted molar refractivity (Wildman–Crippen MR) is 144 cm³/mol. The van der Waals surface area contributed by atoms with E-state index in [1.165, 1.54) is 0 Å². The first-order valence-corrected chi connectivity index (χ1v) is 12.3. The molecule has 0 spiro atoms. The highest BCUT2D eigenvalue weighted by Crippen LogP contribution is 2.32. The first-order chi connectivity index (χ1) is 17.8. The zero-order chi connectivity index (χ0) is 26.4. The Morgan fingerprint density at radius 2 is 1.70 bits per heavy atom. The van der Waals surface area contributed by atoms with Gasteiger partial charge in [-0.05, 0) is 73.1 Å². The summed E-state index contributed by atoms with van der Waals surface area (Å²) in [6, 6.07) is 21.4. The zero-order valence-electron chi connectivity index (χ0n) is 20.3. The zero-order valence-corrected chi connectivity index (χ0v) is 21.1. The molecule has 4 rings (SSSR count). The number of nitrogens with one attached hydrogen (secondary N) is 2. The number of para-hydroxylation sites is 1. The third kappa shape index (κ3) is 6.86. The molecular formula is C28H25N3O5S. The summed E-state index contributed by atoms with van der Waals surface area (Å²) in [4.78, 5) is 50.9. The van der Waals surface area contributed by atoms with Gasteiger partial charge in [-0.2, -0.15) is 0 Å². The summed E-state index contributed by atoms with van der Waals surface area (Å²) in [5, 5.41) is 4.97. The molecular weight excluding hydrogens is 490 g/mol. The molecule has 188 valence electrons. The van der Waals surface area contributed by atoms with Crippen LogP contribution in [0.4, 0.5) is 16.2 Å². The lowest BCUT2D eigenvalue weighted by Crippen LogP contribution is -2.36. The van der Waals surface area contributed by atoms with Gasteiger partial charge in [-0.1, -0.05) is 48.0 Å². The van der Waals surface area contributed by atoms with Crippen molar-refractivity contribution in [1.82, 2.24) is 4.90 Å². The number of rotatable bonds is 8. The number of thioether (sulfide) groups is 1. The van der Waals surface area contributed by atoms with Gasteiger partial charge < -0.3 is 15.4 Å². The minimum absolute atomic E-state index is 0.191. The van der Waals surface area contributed by atoms with Crippen molar-refractivity contribution in [2.24, 2.45) is 0 Å². The van der Waals surface area contributed by atoms with E-state index in [9.17, 15) is 19.2 Å². The van der Waals surface area contributed by atoms with Gasteiger partial charge in [0.05, 0.1) is 4.91 Å². The second-order valence-electron chi connectivity index (χ2n) is 8.41. The Balaban J connectivity index is 1.35. The minimum Gasteiger partial charge on any atom is -0.484 e. The van der Waals surface area contributed by atoms with Crippen LogP contribution in [0.5, 0.6) is 5.75 Å². The average Bonchev–Trinajstić information content (AvgIpc) is 3.12. The molecule has 0 radical (unpaired) electrons. The number of imide groups is 1. The highest BCUT2D eigenvalue weighted by Gasteiger charge is 2.36. The van der Waals surface area contributed by atoms with Gasteiger partial charge in [0.2, 0.25) is 5.91 Å². The molecule has 4 amide bonds. The van der Waals surface area contributed by atoms with Gasteiger partial charge in [-0.3, -0.25) is 24.1 Å². The van der Waals surface area contributed by atoms with Crippen molar-refractivity contribution in [1.29, 1.82) is 0 Å². The molecule has 1 aliphatic heterocycles. The summed E-state index contributed by atoms with van der Waals surface area (Å²) in [6.45, 7) is 3.33. The Morgan fingerprint density at radius 3 is 2.46 bits per heavy atom. The summed E-state index contributed by atoms with van der Waals surface area (Å²) >= 11 is 0.766. The highest BCUT2D eigenvalue weighted by atomic mass is 32.2. The van der Waals surface area contributed by atoms with Crippen LogP contribution in [0, 0.1) is 13.8 Å². The summed E-state index contributed by atoms with van der Waals surface area (Å²) in [5.41, 5.74) is 3.99. The number of amides is 4. The number of anilines is 2. The number of hydrogen-bond donors (Lipinski definition) is 2. The lowest BCUT2D eigenvalue weighted by Gasteiger charge is -2.12. The van der Waals surface area contributed by atoms with Crippen molar-refractivity contribution in [3.05, 3.63) is 94.4 Å². The van der Waals surface area contributed by atoms with Crippen LogP contribution in [-0.4, -0.2) is 41.0 Å². The number of ether oxygens (including phenoxy) is 1. The van der Waals surface area contributed by atoms with Crippen LogP contribution in [0.2, 0.25) is 0 Å². The first-order valence-electron chi connectivity index (χ1n) is 11.5. The Bertz CT molecular complexity index is 1390. The molecule has 0 atom stereocenters. The maximum Gasteiger partial charge on any atom is 0.294 e. The minimum atomic E-state index is -0.544. The van der Waals surface area contributed by atoms with Crippen LogP contribution in [0.15, 0.2) is 77.7 Å². The van der Waals surface area contributed by atoms with Crippen molar-refractivity contribution in [3.63, 3.8) is 0 Å². The SMILES string of the molecule is Cc1ccc(NC(=O)COc2cccc(/C=C3\SC(=O)N(CC(=O)Nc4ccccc4)C3=O)c2)c(C)c1. The Labute approximate surface area is 218 Å². The van der Waals surface area contributed by atoms with Crippen molar-refractivity contribution in [2.45, 2.75) is 13.8 Å². The molecule has 1 saturated heterocycles. The topological polar surface area (TPSA) is 105 Å². The Morgan fingerprint density at radius 1 is 0.919 bits per heavy atom. The van der Waals surface area contributed by atoms with E-state index in [1.807, 2.05) is 38.1 Å². The molecule has 0 unspecified atom stereocenters. The van der Waals surface area contributed by atoms with Crippen LogP contribution in [0.25, 0.3) is 6.08 Å². The van der Waals surface area contributed by atoms with Gasteiger partial charge in [0, 0.05) is 11.4 Å². The van der Waals surface area contributed by atoms with Crippen LogP contribution < -0.4 is 15.4 Å². The lowest BCUT2D eigenvalue weighted by molar-refractivity contribution is -0.127. The van der Waals surface area contributed by atoms with Crippen LogP contribution in [-0.2, 0) is 14.4 Å². The molecule has 0 bridgehead atoms. The van der Waals surface area contributed by atoms with Gasteiger partial charge >= 0.3 is 0 Å². The van der Waals surface area contributed by atoms with E-state index in [2.05, 4.69) is 10.6 Å². The summed E-state index contributed by atoms with van der Waals surface area (Å²) in [7, 11) is 0. The summed E-state index contributed by atoms with van der Waals surface area (Å²) in [5.74, 6) is -0.875. The van der Waals surface area contributed by atoms with E-state index in [0.717, 1.165) is 33.5 Å². The molecule has 8 nitrogen and oxygen atoms in total. The smallest absolute Gasteiger partial charge is 0.294 e. The second kappa shape index (κ2) is 11.6. The molecule has 0 aromatic heterocycles. The Hall–Kier alpha value is -4.37. The lowest BCUT2D eigenvalue weighted by atomic mass is 10.1. The maximum absolute atomic E-state index is 12.8. The fourth-order valence-electron chi connectivity index (χ4n) is 3.64. The number of aryl methyl sites for hydroxylation is 2. The van der Waals surface area contributed by atoms with Crippen LogP contribution >= 0.6 is 11.8 Å². The van der Waals surface area contributed by atoms with Gasteiger partial charge in [-0.25, -0.2) is 0 Å². The van der Waals surface area contributed by atoms with E-state index in [4.69, 9.17) is 4.74 Å². The van der Waals surface area contributed by atoms with Crippen molar-refractivity contribution < 1.29 is 23.9 Å². The van der Waals surface area contributed by atoms with Crippen molar-refractivity contribution >= 4 is 52.2 Å². The average molecular weight is 516 g/mol. The van der Waals surface area contributed by atoms with Crippen LogP contribution in [0.1, 0.15) is 16.7 Å². The quantitative estimate of drug-likeness (QED) is 0.409. The molecule has 0 aliphatic carbocycles. The number of benzene rings is 3. The van der Waals surface area contributed by atoms with E-state index in [0.29, 0.717) is 17.0 Å². The maximum atomic E-state index is 12.8. The van der Waals surface area contributed by atoms with E-state index >= 15 is 0 Å². The normalized spacial score (nSPS) is 14.1. The predicted octanol–water partition coefficient (Wildman–Crippen LogP) is 5.00. The molecule has 1 aliphatic rings. The number of nitrogens with zero attached hydrogens (tertiary/aromatic N) is 1. The summed E-state index contributed by atoms with van der Waals surface area (Å²) in [6.07, 6.45) is 1.56. The molecule has 0 saturated carbocycles. The number of hydrogen-bond acceptors (Lipinski definition) is 6. The molecule has 3 aromatic rings. The summed E-state index contributed by atoms with van der Waals surface area (Å²) < 4.78 is 5.62. The van der Waals surface area contributed by atoms with Gasteiger partial charge in [0.25, 0.3) is 17.1 Å². The van der Waals surface area contributed by atoms with Gasteiger partial charge in [-0.15, -0.1) is 0 Å². The molecule has 37 heavy (non-hydrogen) atoms. The van der Waals surface area contributed by atoms with Crippen LogP contribution in [0.3, 0.4) is 0 Å².